The maximum Gasteiger partial charge on any atom is 0.336 e. The van der Waals surface area contributed by atoms with Crippen LogP contribution in [0.25, 0.3) is 10.7 Å². The minimum atomic E-state index is -1.01. The standard InChI is InChI=1S/C19H19N3O4S/c1-11-9-12(2)14(10-13(11)19(24)25)20-16(23)6-3-7-17-21-18(22-26-17)15-5-4-8-27-15/h4-5,8-10H,3,6-7H2,1-2H3,(H,20,23)(H,24,25). The van der Waals surface area contributed by atoms with E-state index < -0.39 is 5.97 Å². The number of carboxylic acid groups (broad SMARTS) is 1. The van der Waals surface area contributed by atoms with E-state index in [0.29, 0.717) is 35.8 Å². The molecule has 1 aromatic carbocycles. The number of aromatic carboxylic acids is 1. The van der Waals surface area contributed by atoms with Crippen LogP contribution in [0.1, 0.15) is 40.2 Å². The Hall–Kier alpha value is -3.00. The number of anilines is 1. The van der Waals surface area contributed by atoms with E-state index in [1.165, 1.54) is 17.4 Å². The topological polar surface area (TPSA) is 105 Å². The highest BCUT2D eigenvalue weighted by atomic mass is 32.1. The van der Waals surface area contributed by atoms with E-state index in [0.717, 1.165) is 10.4 Å². The lowest BCUT2D eigenvalue weighted by Gasteiger charge is -2.11. The van der Waals surface area contributed by atoms with E-state index in [1.807, 2.05) is 24.4 Å². The highest BCUT2D eigenvalue weighted by molar-refractivity contribution is 7.13. The molecule has 3 aromatic rings. The number of hydrogen-bond acceptors (Lipinski definition) is 6. The first-order valence-electron chi connectivity index (χ1n) is 8.45. The molecule has 0 aliphatic carbocycles. The number of carboxylic acids is 1. The molecule has 0 atom stereocenters. The first kappa shape index (κ1) is 18.8. The maximum absolute atomic E-state index is 12.2. The van der Waals surface area contributed by atoms with Crippen molar-refractivity contribution in [1.29, 1.82) is 0 Å². The van der Waals surface area contributed by atoms with Crippen molar-refractivity contribution in [3.63, 3.8) is 0 Å². The van der Waals surface area contributed by atoms with Crippen LogP contribution in [0.5, 0.6) is 0 Å². The molecular weight excluding hydrogens is 366 g/mol. The second-order valence-electron chi connectivity index (χ2n) is 6.18. The molecule has 0 unspecified atom stereocenters. The number of aromatic nitrogens is 2. The fourth-order valence-corrected chi connectivity index (χ4v) is 3.34. The third kappa shape index (κ3) is 4.59. The monoisotopic (exact) mass is 385 g/mol. The molecule has 140 valence electrons. The average Bonchev–Trinajstić information content (AvgIpc) is 3.28. The molecule has 7 nitrogen and oxygen atoms in total. The molecule has 0 aliphatic rings. The van der Waals surface area contributed by atoms with Gasteiger partial charge in [-0.05, 0) is 48.9 Å². The fourth-order valence-electron chi connectivity index (χ4n) is 2.69. The largest absolute Gasteiger partial charge is 0.478 e. The van der Waals surface area contributed by atoms with Crippen LogP contribution in [-0.2, 0) is 11.2 Å². The summed E-state index contributed by atoms with van der Waals surface area (Å²) in [5.74, 6) is -0.149. The summed E-state index contributed by atoms with van der Waals surface area (Å²) in [6.07, 6.45) is 1.32. The Bertz CT molecular complexity index is 964. The average molecular weight is 385 g/mol. The molecule has 2 heterocycles. The van der Waals surface area contributed by atoms with Gasteiger partial charge >= 0.3 is 5.97 Å². The Morgan fingerprint density at radius 3 is 2.78 bits per heavy atom. The van der Waals surface area contributed by atoms with E-state index in [4.69, 9.17) is 4.52 Å². The number of nitrogens with one attached hydrogen (secondary N) is 1. The van der Waals surface area contributed by atoms with Gasteiger partial charge in [0, 0.05) is 18.5 Å². The number of thiophene rings is 1. The molecule has 3 rings (SSSR count). The van der Waals surface area contributed by atoms with Crippen LogP contribution < -0.4 is 5.32 Å². The predicted octanol–water partition coefficient (Wildman–Crippen LogP) is 4.07. The number of aryl methyl sites for hydroxylation is 3. The summed E-state index contributed by atoms with van der Waals surface area (Å²) >= 11 is 1.53. The van der Waals surface area contributed by atoms with Gasteiger partial charge in [0.05, 0.1) is 10.4 Å². The number of amides is 1. The van der Waals surface area contributed by atoms with Crippen molar-refractivity contribution in [2.24, 2.45) is 0 Å². The third-order valence-electron chi connectivity index (χ3n) is 4.08. The number of benzene rings is 1. The Kier molecular flexibility index (Phi) is 5.66. The van der Waals surface area contributed by atoms with Gasteiger partial charge in [-0.25, -0.2) is 4.79 Å². The van der Waals surface area contributed by atoms with E-state index in [9.17, 15) is 14.7 Å². The molecule has 0 spiro atoms. The van der Waals surface area contributed by atoms with Crippen LogP contribution in [0.3, 0.4) is 0 Å². The first-order chi connectivity index (χ1) is 12.9. The molecule has 2 N–H and O–H groups in total. The van der Waals surface area contributed by atoms with Crippen molar-refractivity contribution < 1.29 is 19.2 Å². The Labute approximate surface area is 160 Å². The van der Waals surface area contributed by atoms with Gasteiger partial charge < -0.3 is 14.9 Å². The van der Waals surface area contributed by atoms with Crippen LogP contribution in [0, 0.1) is 13.8 Å². The normalized spacial score (nSPS) is 10.7. The summed E-state index contributed by atoms with van der Waals surface area (Å²) in [4.78, 5) is 28.7. The van der Waals surface area contributed by atoms with Crippen LogP contribution >= 0.6 is 11.3 Å². The zero-order valence-corrected chi connectivity index (χ0v) is 15.8. The van der Waals surface area contributed by atoms with Gasteiger partial charge in [-0.2, -0.15) is 4.98 Å². The fraction of sp³-hybridized carbons (Fsp3) is 0.263. The summed E-state index contributed by atoms with van der Waals surface area (Å²) in [6, 6.07) is 7.09. The maximum atomic E-state index is 12.2. The zero-order chi connectivity index (χ0) is 19.4. The SMILES string of the molecule is Cc1cc(C)c(C(=O)O)cc1NC(=O)CCCc1nc(-c2cccs2)no1. The molecule has 27 heavy (non-hydrogen) atoms. The molecular formula is C19H19N3O4S. The molecule has 0 saturated heterocycles. The molecule has 8 heteroatoms. The third-order valence-corrected chi connectivity index (χ3v) is 4.95. The van der Waals surface area contributed by atoms with Crippen molar-refractivity contribution in [2.75, 3.05) is 5.32 Å². The molecule has 0 saturated carbocycles. The Balaban J connectivity index is 1.54. The lowest BCUT2D eigenvalue weighted by molar-refractivity contribution is -0.116. The second-order valence-corrected chi connectivity index (χ2v) is 7.13. The molecule has 0 fully saturated rings. The van der Waals surface area contributed by atoms with Crippen LogP contribution in [0.4, 0.5) is 5.69 Å². The van der Waals surface area contributed by atoms with E-state index in [-0.39, 0.29) is 17.9 Å². The summed E-state index contributed by atoms with van der Waals surface area (Å²) in [5, 5.41) is 17.9. The second kappa shape index (κ2) is 8.13. The number of hydrogen-bond donors (Lipinski definition) is 2. The van der Waals surface area contributed by atoms with Gasteiger partial charge in [-0.3, -0.25) is 4.79 Å². The number of carbonyl (C=O) groups excluding carboxylic acids is 1. The van der Waals surface area contributed by atoms with Gasteiger partial charge in [0.2, 0.25) is 17.6 Å². The van der Waals surface area contributed by atoms with E-state index >= 15 is 0 Å². The van der Waals surface area contributed by atoms with Crippen molar-refractivity contribution in [3.8, 4) is 10.7 Å². The summed E-state index contributed by atoms with van der Waals surface area (Å²) in [7, 11) is 0. The summed E-state index contributed by atoms with van der Waals surface area (Å²) in [6.45, 7) is 3.57. The molecule has 0 bridgehead atoms. The zero-order valence-electron chi connectivity index (χ0n) is 15.0. The molecule has 1 amide bonds. The predicted molar refractivity (Wildman–Crippen MR) is 102 cm³/mol. The van der Waals surface area contributed by atoms with Crippen molar-refractivity contribution in [2.45, 2.75) is 33.1 Å². The van der Waals surface area contributed by atoms with Crippen molar-refractivity contribution in [3.05, 3.63) is 52.2 Å². The van der Waals surface area contributed by atoms with Crippen molar-refractivity contribution >= 4 is 28.9 Å². The van der Waals surface area contributed by atoms with Crippen LogP contribution in [0.15, 0.2) is 34.2 Å². The molecule has 2 aromatic heterocycles. The summed E-state index contributed by atoms with van der Waals surface area (Å²) in [5.41, 5.74) is 2.18. The molecule has 0 aliphatic heterocycles. The first-order valence-corrected chi connectivity index (χ1v) is 9.33. The highest BCUT2D eigenvalue weighted by Gasteiger charge is 2.13. The van der Waals surface area contributed by atoms with Crippen molar-refractivity contribution in [1.82, 2.24) is 10.1 Å². The quantitative estimate of drug-likeness (QED) is 0.635. The van der Waals surface area contributed by atoms with Gasteiger partial charge in [0.25, 0.3) is 0 Å². The van der Waals surface area contributed by atoms with Gasteiger partial charge in [0.15, 0.2) is 0 Å². The van der Waals surface area contributed by atoms with Crippen LogP contribution in [-0.4, -0.2) is 27.1 Å². The minimum absolute atomic E-state index is 0.183. The van der Waals surface area contributed by atoms with Crippen LogP contribution in [0.2, 0.25) is 0 Å². The van der Waals surface area contributed by atoms with Gasteiger partial charge in [-0.15, -0.1) is 11.3 Å². The molecule has 0 radical (unpaired) electrons. The van der Waals surface area contributed by atoms with Gasteiger partial charge in [0.1, 0.15) is 0 Å². The Morgan fingerprint density at radius 1 is 1.26 bits per heavy atom. The van der Waals surface area contributed by atoms with Gasteiger partial charge in [-0.1, -0.05) is 17.3 Å². The Morgan fingerprint density at radius 2 is 2.07 bits per heavy atom. The number of carbonyl (C=O) groups is 2. The highest BCUT2D eigenvalue weighted by Crippen LogP contribution is 2.23. The smallest absolute Gasteiger partial charge is 0.336 e. The summed E-state index contributed by atoms with van der Waals surface area (Å²) < 4.78 is 5.21. The number of rotatable bonds is 7. The van der Waals surface area contributed by atoms with E-state index in [2.05, 4.69) is 15.5 Å². The minimum Gasteiger partial charge on any atom is -0.478 e. The van der Waals surface area contributed by atoms with E-state index in [1.54, 1.807) is 13.0 Å². The lowest BCUT2D eigenvalue weighted by atomic mass is 10.0. The lowest BCUT2D eigenvalue weighted by Crippen LogP contribution is -2.13. The number of nitrogens with zero attached hydrogens (tertiary/aromatic N) is 2.